The van der Waals surface area contributed by atoms with Crippen molar-refractivity contribution in [2.24, 2.45) is 0 Å². The van der Waals surface area contributed by atoms with Crippen LogP contribution in [-0.4, -0.2) is 24.2 Å². The third-order valence-corrected chi connectivity index (χ3v) is 4.84. The molecule has 0 radical (unpaired) electrons. The zero-order chi connectivity index (χ0) is 19.2. The van der Waals surface area contributed by atoms with E-state index in [1.807, 2.05) is 6.92 Å². The lowest BCUT2D eigenvalue weighted by Crippen LogP contribution is -2.52. The van der Waals surface area contributed by atoms with Crippen molar-refractivity contribution in [1.29, 1.82) is 0 Å². The van der Waals surface area contributed by atoms with Crippen molar-refractivity contribution in [3.63, 3.8) is 0 Å². The van der Waals surface area contributed by atoms with Gasteiger partial charge in [-0.15, -0.1) is 11.3 Å². The molecule has 1 heterocycles. The molecule has 0 aliphatic rings. The van der Waals surface area contributed by atoms with Gasteiger partial charge in [0.05, 0.1) is 0 Å². The minimum atomic E-state index is -4.99. The summed E-state index contributed by atoms with van der Waals surface area (Å²) < 4.78 is 51.8. The second-order valence-corrected chi connectivity index (χ2v) is 6.58. The first-order valence-electron chi connectivity index (χ1n) is 8.14. The van der Waals surface area contributed by atoms with E-state index < -0.39 is 23.9 Å². The normalized spacial score (nSPS) is 15.3. The first kappa shape index (κ1) is 20.4. The van der Waals surface area contributed by atoms with Gasteiger partial charge in [0.2, 0.25) is 0 Å². The molecule has 0 amide bonds. The molecule has 4 nitrogen and oxygen atoms in total. The molecule has 0 saturated heterocycles. The number of rotatable bonds is 8. The highest BCUT2D eigenvalue weighted by molar-refractivity contribution is 7.09. The highest BCUT2D eigenvalue weighted by Crippen LogP contribution is 2.44. The van der Waals surface area contributed by atoms with Gasteiger partial charge in [-0.05, 0) is 12.8 Å². The molecule has 0 aliphatic carbocycles. The van der Waals surface area contributed by atoms with E-state index >= 15 is 0 Å². The number of ether oxygens (including phenoxy) is 2. The highest BCUT2D eigenvalue weighted by atomic mass is 32.1. The Morgan fingerprint density at radius 1 is 1.27 bits per heavy atom. The summed E-state index contributed by atoms with van der Waals surface area (Å²) in [5, 5.41) is 2.15. The third-order valence-electron chi connectivity index (χ3n) is 3.97. The maximum atomic E-state index is 13.9. The Balaban J connectivity index is 2.40. The standard InChI is InChI=1S/C18H20F3NO3S/c1-3-4-10-14(15-22-11-12-26-15)25-16(23)17(24-2,18(19,20)21)13-8-6-5-7-9-13/h5-9,11-12,14H,3-4,10H2,1-2H3/t14-,17+/m1/s1. The maximum Gasteiger partial charge on any atom is 0.432 e. The van der Waals surface area contributed by atoms with Crippen LogP contribution in [0.1, 0.15) is 42.9 Å². The Morgan fingerprint density at radius 2 is 1.96 bits per heavy atom. The number of benzene rings is 1. The molecule has 142 valence electrons. The van der Waals surface area contributed by atoms with Crippen LogP contribution in [0.3, 0.4) is 0 Å². The fraction of sp³-hybridized carbons (Fsp3) is 0.444. The average molecular weight is 387 g/mol. The van der Waals surface area contributed by atoms with Crippen LogP contribution < -0.4 is 0 Å². The number of hydrogen-bond donors (Lipinski definition) is 0. The summed E-state index contributed by atoms with van der Waals surface area (Å²) in [6.07, 6.45) is -2.41. The number of nitrogens with zero attached hydrogens (tertiary/aromatic N) is 1. The van der Waals surface area contributed by atoms with Crippen molar-refractivity contribution in [3.8, 4) is 0 Å². The molecule has 26 heavy (non-hydrogen) atoms. The Hall–Kier alpha value is -1.93. The molecule has 0 unspecified atom stereocenters. The van der Waals surface area contributed by atoms with Crippen LogP contribution in [0.5, 0.6) is 0 Å². The van der Waals surface area contributed by atoms with Crippen LogP contribution in [0.4, 0.5) is 13.2 Å². The molecular formula is C18H20F3NO3S. The number of carbonyl (C=O) groups excluding carboxylic acids is 1. The lowest BCUT2D eigenvalue weighted by Gasteiger charge is -2.33. The minimum absolute atomic E-state index is 0.326. The van der Waals surface area contributed by atoms with Gasteiger partial charge in [-0.3, -0.25) is 0 Å². The fourth-order valence-corrected chi connectivity index (χ4v) is 3.32. The van der Waals surface area contributed by atoms with Gasteiger partial charge in [-0.2, -0.15) is 13.2 Å². The summed E-state index contributed by atoms with van der Waals surface area (Å²) in [7, 11) is 0.853. The number of thiazole rings is 1. The molecule has 0 aliphatic heterocycles. The molecule has 0 fully saturated rings. The molecule has 0 N–H and O–H groups in total. The highest BCUT2D eigenvalue weighted by Gasteiger charge is 2.64. The van der Waals surface area contributed by atoms with Crippen LogP contribution in [0, 0.1) is 0 Å². The van der Waals surface area contributed by atoms with Crippen LogP contribution in [0.2, 0.25) is 0 Å². The fourth-order valence-electron chi connectivity index (χ4n) is 2.62. The van der Waals surface area contributed by atoms with Crippen molar-refractivity contribution in [2.45, 2.75) is 44.1 Å². The van der Waals surface area contributed by atoms with Gasteiger partial charge in [-0.25, -0.2) is 9.78 Å². The van der Waals surface area contributed by atoms with Gasteiger partial charge in [0.25, 0.3) is 5.60 Å². The van der Waals surface area contributed by atoms with Crippen molar-refractivity contribution in [3.05, 3.63) is 52.5 Å². The van der Waals surface area contributed by atoms with E-state index in [4.69, 9.17) is 9.47 Å². The monoisotopic (exact) mass is 387 g/mol. The van der Waals surface area contributed by atoms with E-state index in [1.165, 1.54) is 41.8 Å². The molecule has 2 atom stereocenters. The number of carbonyl (C=O) groups is 1. The molecule has 1 aromatic carbocycles. The maximum absolute atomic E-state index is 13.9. The number of unbranched alkanes of at least 4 members (excludes halogenated alkanes) is 1. The molecule has 0 spiro atoms. The van der Waals surface area contributed by atoms with E-state index in [9.17, 15) is 18.0 Å². The van der Waals surface area contributed by atoms with E-state index in [1.54, 1.807) is 11.4 Å². The molecule has 0 bridgehead atoms. The smallest absolute Gasteiger partial charge is 0.432 e. The molecular weight excluding hydrogens is 367 g/mol. The lowest BCUT2D eigenvalue weighted by molar-refractivity contribution is -0.278. The van der Waals surface area contributed by atoms with Gasteiger partial charge in [0.1, 0.15) is 5.01 Å². The topological polar surface area (TPSA) is 48.4 Å². The van der Waals surface area contributed by atoms with Crippen molar-refractivity contribution < 1.29 is 27.4 Å². The Morgan fingerprint density at radius 3 is 2.46 bits per heavy atom. The second kappa shape index (κ2) is 8.64. The van der Waals surface area contributed by atoms with Gasteiger partial charge in [0.15, 0.2) is 6.10 Å². The quantitative estimate of drug-likeness (QED) is 0.597. The number of methoxy groups -OCH3 is 1. The van der Waals surface area contributed by atoms with Gasteiger partial charge in [0, 0.05) is 24.3 Å². The van der Waals surface area contributed by atoms with Gasteiger partial charge in [-0.1, -0.05) is 43.7 Å². The van der Waals surface area contributed by atoms with Crippen LogP contribution in [0.25, 0.3) is 0 Å². The van der Waals surface area contributed by atoms with Crippen molar-refractivity contribution >= 4 is 17.3 Å². The van der Waals surface area contributed by atoms with Gasteiger partial charge >= 0.3 is 12.1 Å². The first-order chi connectivity index (χ1) is 12.4. The van der Waals surface area contributed by atoms with E-state index in [0.717, 1.165) is 13.5 Å². The zero-order valence-corrected chi connectivity index (χ0v) is 15.3. The second-order valence-electron chi connectivity index (χ2n) is 5.66. The van der Waals surface area contributed by atoms with Gasteiger partial charge < -0.3 is 9.47 Å². The number of hydrogen-bond acceptors (Lipinski definition) is 5. The largest absolute Gasteiger partial charge is 0.452 e. The predicted octanol–water partition coefficient (Wildman–Crippen LogP) is 5.02. The lowest BCUT2D eigenvalue weighted by atomic mass is 9.92. The first-order valence-corrected chi connectivity index (χ1v) is 9.02. The van der Waals surface area contributed by atoms with Crippen molar-refractivity contribution in [2.75, 3.05) is 7.11 Å². The zero-order valence-electron chi connectivity index (χ0n) is 14.5. The Kier molecular flexibility index (Phi) is 6.77. The van der Waals surface area contributed by atoms with Crippen LogP contribution >= 0.6 is 11.3 Å². The predicted molar refractivity (Wildman–Crippen MR) is 91.7 cm³/mol. The minimum Gasteiger partial charge on any atom is -0.452 e. The van der Waals surface area contributed by atoms with E-state index in [-0.39, 0.29) is 5.56 Å². The molecule has 8 heteroatoms. The molecule has 1 aromatic heterocycles. The summed E-state index contributed by atoms with van der Waals surface area (Å²) in [5.41, 5.74) is -3.51. The molecule has 2 rings (SSSR count). The summed E-state index contributed by atoms with van der Waals surface area (Å²) >= 11 is 1.23. The summed E-state index contributed by atoms with van der Waals surface area (Å²) in [5.74, 6) is -1.49. The van der Waals surface area contributed by atoms with E-state index in [2.05, 4.69) is 4.98 Å². The Bertz CT molecular complexity index is 691. The summed E-state index contributed by atoms with van der Waals surface area (Å²) in [6.45, 7) is 1.94. The molecule has 2 aromatic rings. The Labute approximate surface area is 154 Å². The number of alkyl halides is 3. The molecule has 0 saturated carbocycles. The third kappa shape index (κ3) is 4.07. The van der Waals surface area contributed by atoms with Crippen molar-refractivity contribution in [1.82, 2.24) is 4.98 Å². The summed E-state index contributed by atoms with van der Waals surface area (Å²) in [4.78, 5) is 16.8. The average Bonchev–Trinajstić information content (AvgIpc) is 3.14. The van der Waals surface area contributed by atoms with Crippen LogP contribution in [-0.2, 0) is 19.9 Å². The summed E-state index contributed by atoms with van der Waals surface area (Å²) in [6, 6.07) is 6.78. The SMILES string of the molecule is CCCC[C@@H](OC(=O)[C@@](OC)(c1ccccc1)C(F)(F)F)c1nccs1. The number of halogens is 3. The number of aromatic nitrogens is 1. The van der Waals surface area contributed by atoms with E-state index in [0.29, 0.717) is 17.8 Å². The number of esters is 1. The van der Waals surface area contributed by atoms with Crippen LogP contribution in [0.15, 0.2) is 41.9 Å².